The van der Waals surface area contributed by atoms with Crippen molar-refractivity contribution < 1.29 is 38.0 Å². The number of esters is 2. The molecule has 0 bridgehead atoms. The van der Waals surface area contributed by atoms with Crippen LogP contribution in [-0.2, 0) is 38.0 Å². The Balaban J connectivity index is 1.04. The summed E-state index contributed by atoms with van der Waals surface area (Å²) in [5, 5.41) is 0. The van der Waals surface area contributed by atoms with Crippen LogP contribution in [0, 0.1) is 52.8 Å². The van der Waals surface area contributed by atoms with Gasteiger partial charge in [0.05, 0.1) is 52.5 Å². The van der Waals surface area contributed by atoms with Crippen molar-refractivity contribution >= 4 is 11.9 Å². The maximum atomic E-state index is 13.3. The number of carbonyl (C=O) groups excluding carboxylic acids is 2. The third kappa shape index (κ3) is 25.3. The summed E-state index contributed by atoms with van der Waals surface area (Å²) in [6.45, 7) is 18.3. The lowest BCUT2D eigenvalue weighted by atomic mass is 9.73. The van der Waals surface area contributed by atoms with Gasteiger partial charge >= 0.3 is 11.9 Å². The Kier molecular flexibility index (Phi) is 29.9. The lowest BCUT2D eigenvalue weighted by Crippen LogP contribution is -2.41. The molecule has 0 aromatic heterocycles. The molecule has 0 aromatic carbocycles. The molecule has 0 spiro atoms. The predicted octanol–water partition coefficient (Wildman–Crippen LogP) is 15.4. The minimum Gasteiger partial charge on any atom is -0.466 e. The number of ether oxygens (including phenoxy) is 6. The van der Waals surface area contributed by atoms with E-state index in [0.717, 1.165) is 95.4 Å². The Morgan fingerprint density at radius 2 is 0.771 bits per heavy atom. The van der Waals surface area contributed by atoms with E-state index < -0.39 is 0 Å². The molecule has 5 rings (SSSR count). The quantitative estimate of drug-likeness (QED) is 0.0336. The lowest BCUT2D eigenvalue weighted by Gasteiger charge is -2.42. The van der Waals surface area contributed by atoms with Gasteiger partial charge in [0.15, 0.2) is 12.6 Å². The van der Waals surface area contributed by atoms with Crippen LogP contribution in [-0.4, -0.2) is 88.7 Å². The first kappa shape index (κ1) is 59.6. The first-order valence-electron chi connectivity index (χ1n) is 30.8. The zero-order chi connectivity index (χ0) is 49.7. The summed E-state index contributed by atoms with van der Waals surface area (Å²) in [7, 11) is 0. The number of nitrogens with zero attached hydrogens (tertiary/aromatic N) is 1. The fourth-order valence-electron chi connectivity index (χ4n) is 11.8. The molecule has 1 aliphatic heterocycles. The van der Waals surface area contributed by atoms with Gasteiger partial charge in [-0.05, 0) is 130 Å². The Morgan fingerprint density at radius 3 is 1.09 bits per heavy atom. The number of carbonyl (C=O) groups is 2. The standard InChI is InChI=1S/C61H111NO8/c1-6-11-16-20-24-49-41-53(49)45-67-59(68-46-54-42-50(54)25-21-17-12-7-2)30-28-57(63)65-39-34-61(32-37-62(38-33-61)36-15-10-5)35-40-66-58(64)29-31-60(69-47-55-43-51(55)26-22-18-13-8-3)70-48-56-44-52(56)27-23-19-14-9-4/h49-56,59-60H,6-48H2,1-5H3. The minimum atomic E-state index is -0.344. The molecule has 408 valence electrons. The van der Waals surface area contributed by atoms with Crippen molar-refractivity contribution in [3.05, 3.63) is 0 Å². The topological polar surface area (TPSA) is 92.8 Å². The van der Waals surface area contributed by atoms with Crippen molar-refractivity contribution in [2.75, 3.05) is 59.3 Å². The number of unbranched alkanes of at least 4 members (excludes halogenated alkanes) is 13. The first-order chi connectivity index (χ1) is 34.3. The molecule has 0 amide bonds. The maximum absolute atomic E-state index is 13.3. The molecule has 4 saturated carbocycles. The maximum Gasteiger partial charge on any atom is 0.305 e. The predicted molar refractivity (Wildman–Crippen MR) is 285 cm³/mol. The number of hydrogen-bond donors (Lipinski definition) is 0. The third-order valence-corrected chi connectivity index (χ3v) is 17.7. The van der Waals surface area contributed by atoms with E-state index in [1.807, 2.05) is 0 Å². The molecule has 8 atom stereocenters. The van der Waals surface area contributed by atoms with Gasteiger partial charge in [-0.25, -0.2) is 0 Å². The normalized spacial score (nSPS) is 26.5. The van der Waals surface area contributed by atoms with Crippen molar-refractivity contribution in [3.63, 3.8) is 0 Å². The molecule has 70 heavy (non-hydrogen) atoms. The molecule has 5 aliphatic rings. The van der Waals surface area contributed by atoms with Crippen LogP contribution in [0.4, 0.5) is 0 Å². The summed E-state index contributed by atoms with van der Waals surface area (Å²) in [6.07, 6.45) is 38.6. The fourth-order valence-corrected chi connectivity index (χ4v) is 11.8. The van der Waals surface area contributed by atoms with E-state index in [0.29, 0.717) is 62.6 Å². The van der Waals surface area contributed by atoms with Crippen LogP contribution < -0.4 is 0 Å². The first-order valence-corrected chi connectivity index (χ1v) is 30.8. The molecular formula is C61H111NO8. The van der Waals surface area contributed by atoms with Crippen LogP contribution in [0.15, 0.2) is 0 Å². The molecule has 9 nitrogen and oxygen atoms in total. The Labute approximate surface area is 430 Å². The fraction of sp³-hybridized carbons (Fsp3) is 0.967. The summed E-state index contributed by atoms with van der Waals surface area (Å²) in [5.41, 5.74) is -0.0177. The van der Waals surface area contributed by atoms with E-state index in [1.54, 1.807) is 0 Å². The average Bonchev–Trinajstić information content (AvgIpc) is 4.18. The van der Waals surface area contributed by atoms with Crippen molar-refractivity contribution in [1.29, 1.82) is 0 Å². The molecule has 4 aliphatic carbocycles. The van der Waals surface area contributed by atoms with E-state index in [2.05, 4.69) is 39.5 Å². The van der Waals surface area contributed by atoms with E-state index in [9.17, 15) is 9.59 Å². The third-order valence-electron chi connectivity index (χ3n) is 17.7. The highest BCUT2D eigenvalue weighted by Crippen LogP contribution is 2.46. The SMILES string of the molecule is CCCCCCC1CC1COC(CCC(=O)OCCC1(CCOC(=O)CCC(OCC2CC2CCCCCC)OCC2CC2CCCCCC)CCN(CCCC)CC1)OCC1CC1CCCCCC. The highest BCUT2D eigenvalue weighted by atomic mass is 16.7. The second-order valence-electron chi connectivity index (χ2n) is 23.8. The molecule has 5 fully saturated rings. The minimum absolute atomic E-state index is 0.0177. The van der Waals surface area contributed by atoms with Gasteiger partial charge in [0.25, 0.3) is 0 Å². The van der Waals surface area contributed by atoms with Gasteiger partial charge in [0.1, 0.15) is 0 Å². The van der Waals surface area contributed by atoms with E-state index in [-0.39, 0.29) is 29.9 Å². The van der Waals surface area contributed by atoms with Crippen LogP contribution in [0.5, 0.6) is 0 Å². The van der Waals surface area contributed by atoms with Crippen molar-refractivity contribution in [1.82, 2.24) is 4.90 Å². The molecule has 9 heteroatoms. The van der Waals surface area contributed by atoms with Gasteiger partial charge in [-0.15, -0.1) is 0 Å². The van der Waals surface area contributed by atoms with E-state index >= 15 is 0 Å². The Hall–Kier alpha value is -1.26. The number of rotatable bonds is 47. The van der Waals surface area contributed by atoms with Crippen molar-refractivity contribution in [2.24, 2.45) is 52.8 Å². The smallest absolute Gasteiger partial charge is 0.305 e. The lowest BCUT2D eigenvalue weighted by molar-refractivity contribution is -0.163. The molecule has 0 N–H and O–H groups in total. The molecule has 8 unspecified atom stereocenters. The van der Waals surface area contributed by atoms with Gasteiger partial charge in [-0.3, -0.25) is 9.59 Å². The zero-order valence-corrected chi connectivity index (χ0v) is 46.4. The van der Waals surface area contributed by atoms with Crippen molar-refractivity contribution in [3.8, 4) is 0 Å². The van der Waals surface area contributed by atoms with Gasteiger partial charge in [0, 0.05) is 12.8 Å². The van der Waals surface area contributed by atoms with Crippen LogP contribution in [0.1, 0.15) is 253 Å². The van der Waals surface area contributed by atoms with E-state index in [4.69, 9.17) is 28.4 Å². The summed E-state index contributed by atoms with van der Waals surface area (Å²) < 4.78 is 37.8. The number of likely N-dealkylation sites (tertiary alicyclic amines) is 1. The van der Waals surface area contributed by atoms with Crippen LogP contribution in [0.2, 0.25) is 0 Å². The van der Waals surface area contributed by atoms with Crippen LogP contribution in [0.3, 0.4) is 0 Å². The second-order valence-corrected chi connectivity index (χ2v) is 23.8. The highest BCUT2D eigenvalue weighted by Gasteiger charge is 2.41. The van der Waals surface area contributed by atoms with Crippen LogP contribution >= 0.6 is 0 Å². The summed E-state index contributed by atoms with van der Waals surface area (Å²) >= 11 is 0. The Bertz CT molecular complexity index is 1210. The molecule has 1 saturated heterocycles. The van der Waals surface area contributed by atoms with Gasteiger partial charge in [-0.2, -0.15) is 0 Å². The van der Waals surface area contributed by atoms with Gasteiger partial charge in [0.2, 0.25) is 0 Å². The van der Waals surface area contributed by atoms with Gasteiger partial charge < -0.3 is 33.3 Å². The zero-order valence-electron chi connectivity index (χ0n) is 46.4. The van der Waals surface area contributed by atoms with Gasteiger partial charge in [-0.1, -0.05) is 169 Å². The largest absolute Gasteiger partial charge is 0.466 e. The molecule has 0 aromatic rings. The number of hydrogen-bond acceptors (Lipinski definition) is 9. The second kappa shape index (κ2) is 35.1. The Morgan fingerprint density at radius 1 is 0.443 bits per heavy atom. The molecular weight excluding hydrogens is 875 g/mol. The highest BCUT2D eigenvalue weighted by molar-refractivity contribution is 5.69. The average molecular weight is 987 g/mol. The summed E-state index contributed by atoms with van der Waals surface area (Å²) in [4.78, 5) is 29.3. The number of piperidine rings is 1. The van der Waals surface area contributed by atoms with E-state index in [1.165, 1.54) is 167 Å². The summed E-state index contributed by atoms with van der Waals surface area (Å²) in [6, 6.07) is 0. The summed E-state index contributed by atoms with van der Waals surface area (Å²) in [5.74, 6) is 5.42. The molecule has 1 heterocycles. The molecule has 0 radical (unpaired) electrons. The van der Waals surface area contributed by atoms with Crippen molar-refractivity contribution in [2.45, 2.75) is 266 Å². The monoisotopic (exact) mass is 986 g/mol. The van der Waals surface area contributed by atoms with Crippen LogP contribution in [0.25, 0.3) is 0 Å².